The number of hydrogen-bond donors (Lipinski definition) is 1. The number of H-pyrrole nitrogens is 1. The Morgan fingerprint density at radius 1 is 1.08 bits per heavy atom. The second-order valence-corrected chi connectivity index (χ2v) is 8.33. The van der Waals surface area contributed by atoms with Gasteiger partial charge in [-0.2, -0.15) is 0 Å². The van der Waals surface area contributed by atoms with Crippen LogP contribution in [-0.4, -0.2) is 30.5 Å². The van der Waals surface area contributed by atoms with Gasteiger partial charge < -0.3 is 4.74 Å². The first kappa shape index (κ1) is 15.9. The molecule has 0 fully saturated rings. The number of ether oxygens (including phenoxy) is 1. The van der Waals surface area contributed by atoms with Crippen molar-refractivity contribution in [2.45, 2.75) is 20.0 Å². The molecule has 1 N–H and O–H groups in total. The standard InChI is InChI=1S/C19H18N2O3S/c1-12-3-4-14(9-13(12)2)15-5-6-17-18(10-15)20-21-19(17)24-16-7-8-25(22,23)11-16/h3-10,16H,11H2,1-2H3,(H,20,21). The summed E-state index contributed by atoms with van der Waals surface area (Å²) in [6.45, 7) is 4.20. The van der Waals surface area contributed by atoms with Gasteiger partial charge in [-0.25, -0.2) is 8.42 Å². The number of rotatable bonds is 3. The summed E-state index contributed by atoms with van der Waals surface area (Å²) in [4.78, 5) is 0. The monoisotopic (exact) mass is 354 g/mol. The van der Waals surface area contributed by atoms with Crippen molar-refractivity contribution in [2.75, 3.05) is 5.75 Å². The molecule has 1 aliphatic heterocycles. The van der Waals surface area contributed by atoms with Crippen LogP contribution >= 0.6 is 0 Å². The molecule has 1 aromatic heterocycles. The van der Waals surface area contributed by atoms with E-state index in [0.717, 1.165) is 22.0 Å². The van der Waals surface area contributed by atoms with Crippen LogP contribution in [0.1, 0.15) is 11.1 Å². The fourth-order valence-corrected chi connectivity index (χ4v) is 4.11. The largest absolute Gasteiger partial charge is 0.467 e. The quantitative estimate of drug-likeness (QED) is 0.781. The molecule has 1 unspecified atom stereocenters. The summed E-state index contributed by atoms with van der Waals surface area (Å²) in [5, 5.41) is 9.20. The fourth-order valence-electron chi connectivity index (χ4n) is 2.95. The Balaban J connectivity index is 1.65. The van der Waals surface area contributed by atoms with Gasteiger partial charge >= 0.3 is 0 Å². The molecule has 128 valence electrons. The third-order valence-electron chi connectivity index (χ3n) is 4.53. The normalized spacial score (nSPS) is 18.7. The molecule has 0 aliphatic carbocycles. The maximum absolute atomic E-state index is 11.5. The molecular formula is C19H18N2O3S. The Bertz CT molecular complexity index is 1100. The number of sulfone groups is 1. The number of aromatic amines is 1. The zero-order valence-corrected chi connectivity index (χ0v) is 14.8. The van der Waals surface area contributed by atoms with E-state index in [4.69, 9.17) is 4.74 Å². The highest BCUT2D eigenvalue weighted by Crippen LogP contribution is 2.30. The minimum atomic E-state index is -3.15. The molecular weight excluding hydrogens is 336 g/mol. The van der Waals surface area contributed by atoms with Crippen molar-refractivity contribution in [3.05, 3.63) is 59.0 Å². The zero-order valence-electron chi connectivity index (χ0n) is 14.0. The molecule has 1 atom stereocenters. The highest BCUT2D eigenvalue weighted by Gasteiger charge is 2.24. The smallest absolute Gasteiger partial charge is 0.241 e. The van der Waals surface area contributed by atoms with Crippen molar-refractivity contribution in [1.82, 2.24) is 10.2 Å². The minimum Gasteiger partial charge on any atom is -0.467 e. The van der Waals surface area contributed by atoms with Crippen LogP contribution in [0.25, 0.3) is 22.0 Å². The number of benzene rings is 2. The Labute approximate surface area is 146 Å². The molecule has 2 aromatic carbocycles. The van der Waals surface area contributed by atoms with Crippen LogP contribution in [0, 0.1) is 13.8 Å². The van der Waals surface area contributed by atoms with E-state index in [2.05, 4.69) is 42.2 Å². The maximum atomic E-state index is 11.5. The van der Waals surface area contributed by atoms with E-state index in [-0.39, 0.29) is 5.75 Å². The average molecular weight is 354 g/mol. The second-order valence-electron chi connectivity index (χ2n) is 6.40. The van der Waals surface area contributed by atoms with Crippen LogP contribution in [0.3, 0.4) is 0 Å². The predicted molar refractivity (Wildman–Crippen MR) is 98.3 cm³/mol. The van der Waals surface area contributed by atoms with Crippen LogP contribution in [0.4, 0.5) is 0 Å². The summed E-state index contributed by atoms with van der Waals surface area (Å²) in [5.41, 5.74) is 5.61. The van der Waals surface area contributed by atoms with Crippen LogP contribution in [-0.2, 0) is 9.84 Å². The van der Waals surface area contributed by atoms with Gasteiger partial charge in [0.25, 0.3) is 0 Å². The third kappa shape index (κ3) is 3.05. The number of aryl methyl sites for hydroxylation is 2. The molecule has 0 amide bonds. The molecule has 0 spiro atoms. The molecule has 0 saturated heterocycles. The predicted octanol–water partition coefficient (Wildman–Crippen LogP) is 3.54. The van der Waals surface area contributed by atoms with Crippen LogP contribution in [0.2, 0.25) is 0 Å². The van der Waals surface area contributed by atoms with E-state index in [0.29, 0.717) is 5.88 Å². The van der Waals surface area contributed by atoms with Crippen LogP contribution < -0.4 is 4.74 Å². The molecule has 1 aliphatic rings. The van der Waals surface area contributed by atoms with Gasteiger partial charge in [-0.3, -0.25) is 5.10 Å². The van der Waals surface area contributed by atoms with E-state index in [1.807, 2.05) is 18.2 Å². The lowest BCUT2D eigenvalue weighted by atomic mass is 10.00. The third-order valence-corrected chi connectivity index (χ3v) is 5.89. The summed E-state index contributed by atoms with van der Waals surface area (Å²) < 4.78 is 28.7. The van der Waals surface area contributed by atoms with Crippen molar-refractivity contribution in [3.8, 4) is 17.0 Å². The van der Waals surface area contributed by atoms with Crippen molar-refractivity contribution in [2.24, 2.45) is 0 Å². The van der Waals surface area contributed by atoms with Gasteiger partial charge in [0.2, 0.25) is 5.88 Å². The van der Waals surface area contributed by atoms with Gasteiger partial charge in [0, 0.05) is 5.41 Å². The number of nitrogens with one attached hydrogen (secondary N) is 1. The first-order chi connectivity index (χ1) is 11.9. The summed E-state index contributed by atoms with van der Waals surface area (Å²) in [7, 11) is -3.15. The van der Waals surface area contributed by atoms with Gasteiger partial charge in [-0.1, -0.05) is 24.3 Å². The Hall–Kier alpha value is -2.60. The zero-order chi connectivity index (χ0) is 17.6. The summed E-state index contributed by atoms with van der Waals surface area (Å²) >= 11 is 0. The van der Waals surface area contributed by atoms with Crippen molar-refractivity contribution >= 4 is 20.7 Å². The highest BCUT2D eigenvalue weighted by atomic mass is 32.2. The van der Waals surface area contributed by atoms with Gasteiger partial charge in [0.15, 0.2) is 9.84 Å². The van der Waals surface area contributed by atoms with Gasteiger partial charge in [0.1, 0.15) is 6.10 Å². The summed E-state index contributed by atoms with van der Waals surface area (Å²) in [6.07, 6.45) is 1.06. The first-order valence-corrected chi connectivity index (χ1v) is 9.76. The summed E-state index contributed by atoms with van der Waals surface area (Å²) in [5.74, 6) is 0.385. The highest BCUT2D eigenvalue weighted by molar-refractivity contribution is 7.94. The lowest BCUT2D eigenvalue weighted by Crippen LogP contribution is -2.18. The fraction of sp³-hybridized carbons (Fsp3) is 0.211. The molecule has 5 nitrogen and oxygen atoms in total. The topological polar surface area (TPSA) is 72.1 Å². The van der Waals surface area contributed by atoms with E-state index in [1.165, 1.54) is 16.5 Å². The molecule has 25 heavy (non-hydrogen) atoms. The Morgan fingerprint density at radius 3 is 2.56 bits per heavy atom. The molecule has 2 heterocycles. The second kappa shape index (κ2) is 5.74. The van der Waals surface area contributed by atoms with Crippen molar-refractivity contribution in [1.29, 1.82) is 0 Å². The molecule has 6 heteroatoms. The number of hydrogen-bond acceptors (Lipinski definition) is 4. The Kier molecular flexibility index (Phi) is 3.65. The first-order valence-electron chi connectivity index (χ1n) is 8.05. The minimum absolute atomic E-state index is 0.0396. The maximum Gasteiger partial charge on any atom is 0.241 e. The van der Waals surface area contributed by atoms with Crippen molar-refractivity contribution < 1.29 is 13.2 Å². The Morgan fingerprint density at radius 2 is 1.84 bits per heavy atom. The summed E-state index contributed by atoms with van der Waals surface area (Å²) in [6, 6.07) is 12.4. The number of nitrogens with zero attached hydrogens (tertiary/aromatic N) is 1. The lowest BCUT2D eigenvalue weighted by Gasteiger charge is -2.09. The molecule has 0 saturated carbocycles. The molecule has 4 rings (SSSR count). The number of aromatic nitrogens is 2. The average Bonchev–Trinajstić information content (AvgIpc) is 3.13. The van der Waals surface area contributed by atoms with Gasteiger partial charge in [-0.15, -0.1) is 5.10 Å². The van der Waals surface area contributed by atoms with E-state index in [9.17, 15) is 8.42 Å². The van der Waals surface area contributed by atoms with Crippen molar-refractivity contribution in [3.63, 3.8) is 0 Å². The molecule has 0 radical (unpaired) electrons. The van der Waals surface area contributed by atoms with Gasteiger partial charge in [0.05, 0.1) is 16.7 Å². The van der Waals surface area contributed by atoms with E-state index < -0.39 is 15.9 Å². The number of fused-ring (bicyclic) bond motifs is 1. The van der Waals surface area contributed by atoms with Crippen LogP contribution in [0.15, 0.2) is 47.9 Å². The SMILES string of the molecule is Cc1ccc(-c2ccc3c(OC4C=CS(=O)(=O)C4)n[nH]c3c2)cc1C. The molecule has 3 aromatic rings. The lowest BCUT2D eigenvalue weighted by molar-refractivity contribution is 0.266. The van der Waals surface area contributed by atoms with Gasteiger partial charge in [-0.05, 0) is 54.3 Å². The van der Waals surface area contributed by atoms with E-state index >= 15 is 0 Å². The molecule has 0 bridgehead atoms. The van der Waals surface area contributed by atoms with E-state index in [1.54, 1.807) is 6.08 Å². The van der Waals surface area contributed by atoms with Crippen LogP contribution in [0.5, 0.6) is 5.88 Å².